The third kappa shape index (κ3) is 7.29. The highest BCUT2D eigenvalue weighted by Crippen LogP contribution is 2.13. The van der Waals surface area contributed by atoms with Crippen molar-refractivity contribution in [2.45, 2.75) is 33.4 Å². The third-order valence-corrected chi connectivity index (χ3v) is 4.13. The van der Waals surface area contributed by atoms with Crippen molar-refractivity contribution < 1.29 is 9.59 Å². The molecule has 0 fully saturated rings. The van der Waals surface area contributed by atoms with Crippen LogP contribution in [0.1, 0.15) is 25.0 Å². The van der Waals surface area contributed by atoms with E-state index in [1.165, 1.54) is 0 Å². The van der Waals surface area contributed by atoms with Crippen molar-refractivity contribution in [2.24, 2.45) is 11.7 Å². The molecule has 0 radical (unpaired) electrons. The van der Waals surface area contributed by atoms with E-state index >= 15 is 0 Å². The molecule has 146 valence electrons. The number of nitrogens with two attached hydrogens (primary N) is 1. The van der Waals surface area contributed by atoms with E-state index in [0.717, 1.165) is 16.8 Å². The van der Waals surface area contributed by atoms with Gasteiger partial charge in [0, 0.05) is 29.9 Å². The summed E-state index contributed by atoms with van der Waals surface area (Å²) in [6.45, 7) is 5.95. The maximum atomic E-state index is 12.1. The Balaban J connectivity index is 0.00000364. The van der Waals surface area contributed by atoms with Gasteiger partial charge in [-0.05, 0) is 49.2 Å². The second-order valence-electron chi connectivity index (χ2n) is 6.51. The minimum absolute atomic E-state index is 0. The first-order valence-corrected chi connectivity index (χ1v) is 8.62. The van der Waals surface area contributed by atoms with Crippen LogP contribution in [0, 0.1) is 12.8 Å². The summed E-state index contributed by atoms with van der Waals surface area (Å²) in [6, 6.07) is 14.4. The molecular weight excluding hydrogens is 364 g/mol. The highest BCUT2D eigenvalue weighted by Gasteiger charge is 2.16. The van der Waals surface area contributed by atoms with Gasteiger partial charge in [0.05, 0.1) is 0 Å². The zero-order chi connectivity index (χ0) is 19.1. The Hall–Kier alpha value is -2.57. The van der Waals surface area contributed by atoms with Crippen LogP contribution >= 0.6 is 12.4 Å². The average Bonchev–Trinajstić information content (AvgIpc) is 2.59. The van der Waals surface area contributed by atoms with Crippen molar-refractivity contribution in [3.8, 4) is 0 Å². The molecule has 2 atom stereocenters. The number of halogens is 1. The van der Waals surface area contributed by atoms with E-state index in [4.69, 9.17) is 5.73 Å². The minimum atomic E-state index is -0.317. The van der Waals surface area contributed by atoms with Crippen molar-refractivity contribution >= 4 is 35.7 Å². The lowest BCUT2D eigenvalue weighted by molar-refractivity contribution is -0.125. The van der Waals surface area contributed by atoms with Gasteiger partial charge in [-0.15, -0.1) is 12.4 Å². The van der Waals surface area contributed by atoms with E-state index in [-0.39, 0.29) is 36.3 Å². The number of carbonyl (C=O) groups excluding carboxylic acids is 2. The Labute approximate surface area is 166 Å². The van der Waals surface area contributed by atoms with E-state index in [9.17, 15) is 9.59 Å². The van der Waals surface area contributed by atoms with Crippen LogP contribution in [0.2, 0.25) is 0 Å². The van der Waals surface area contributed by atoms with Gasteiger partial charge >= 0.3 is 6.03 Å². The third-order valence-electron chi connectivity index (χ3n) is 4.13. The lowest BCUT2D eigenvalue weighted by Gasteiger charge is -2.15. The molecule has 5 N–H and O–H groups in total. The van der Waals surface area contributed by atoms with Gasteiger partial charge in [-0.1, -0.05) is 31.2 Å². The van der Waals surface area contributed by atoms with Crippen molar-refractivity contribution in [3.05, 3.63) is 59.7 Å². The molecule has 0 aromatic heterocycles. The monoisotopic (exact) mass is 390 g/mol. The molecule has 27 heavy (non-hydrogen) atoms. The fourth-order valence-corrected chi connectivity index (χ4v) is 2.36. The van der Waals surface area contributed by atoms with Gasteiger partial charge in [0.2, 0.25) is 5.91 Å². The topological polar surface area (TPSA) is 96.2 Å². The zero-order valence-corrected chi connectivity index (χ0v) is 16.6. The number of benzene rings is 2. The van der Waals surface area contributed by atoms with Gasteiger partial charge in [-0.2, -0.15) is 0 Å². The van der Waals surface area contributed by atoms with Gasteiger partial charge < -0.3 is 21.7 Å². The van der Waals surface area contributed by atoms with E-state index in [2.05, 4.69) is 16.0 Å². The van der Waals surface area contributed by atoms with Gasteiger partial charge in [0.1, 0.15) is 0 Å². The highest BCUT2D eigenvalue weighted by molar-refractivity contribution is 5.99. The number of urea groups is 1. The first kappa shape index (κ1) is 22.5. The number of hydrogen-bond donors (Lipinski definition) is 4. The number of aryl methyl sites for hydroxylation is 1. The van der Waals surface area contributed by atoms with Crippen LogP contribution in [0.3, 0.4) is 0 Å². The van der Waals surface area contributed by atoms with Crippen LogP contribution < -0.4 is 21.7 Å². The highest BCUT2D eigenvalue weighted by atomic mass is 35.5. The Kier molecular flexibility index (Phi) is 8.78. The summed E-state index contributed by atoms with van der Waals surface area (Å²) in [6.07, 6.45) is 0. The lowest BCUT2D eigenvalue weighted by Crippen LogP contribution is -2.38. The molecule has 6 nitrogen and oxygen atoms in total. The number of amides is 3. The van der Waals surface area contributed by atoms with Crippen LogP contribution in [0.25, 0.3) is 0 Å². The predicted molar refractivity (Wildman–Crippen MR) is 112 cm³/mol. The summed E-state index contributed by atoms with van der Waals surface area (Å²) in [4.78, 5) is 24.1. The summed E-state index contributed by atoms with van der Waals surface area (Å²) in [5, 5.41) is 8.45. The average molecular weight is 391 g/mol. The van der Waals surface area contributed by atoms with Crippen LogP contribution in [-0.4, -0.2) is 18.0 Å². The fourth-order valence-electron chi connectivity index (χ4n) is 2.36. The number of anilines is 2. The van der Waals surface area contributed by atoms with E-state index < -0.39 is 0 Å². The van der Waals surface area contributed by atoms with E-state index in [1.807, 2.05) is 56.3 Å². The minimum Gasteiger partial charge on any atom is -0.352 e. The molecule has 0 aliphatic rings. The van der Waals surface area contributed by atoms with Crippen LogP contribution in [0.15, 0.2) is 48.5 Å². The Morgan fingerprint density at radius 1 is 1.00 bits per heavy atom. The Bertz CT molecular complexity index is 780. The molecule has 2 unspecified atom stereocenters. The molecule has 3 amide bonds. The number of rotatable bonds is 6. The summed E-state index contributed by atoms with van der Waals surface area (Å²) in [5.41, 5.74) is 9.09. The van der Waals surface area contributed by atoms with Crippen molar-refractivity contribution in [3.63, 3.8) is 0 Å². The van der Waals surface area contributed by atoms with Gasteiger partial charge in [0.15, 0.2) is 0 Å². The molecule has 0 saturated carbocycles. The summed E-state index contributed by atoms with van der Waals surface area (Å²) in [7, 11) is 0. The SMILES string of the molecule is Cc1cccc(NC(=O)Nc2cccc(CNC(=O)C(C)C(C)N)c2)c1.Cl. The summed E-state index contributed by atoms with van der Waals surface area (Å²) in [5.74, 6) is -0.341. The van der Waals surface area contributed by atoms with E-state index in [1.54, 1.807) is 13.0 Å². The van der Waals surface area contributed by atoms with Gasteiger partial charge in [0.25, 0.3) is 0 Å². The quantitative estimate of drug-likeness (QED) is 0.606. The smallest absolute Gasteiger partial charge is 0.323 e. The lowest BCUT2D eigenvalue weighted by atomic mass is 10.0. The largest absolute Gasteiger partial charge is 0.352 e. The summed E-state index contributed by atoms with van der Waals surface area (Å²) >= 11 is 0. The van der Waals surface area contributed by atoms with Crippen molar-refractivity contribution in [1.82, 2.24) is 5.32 Å². The molecule has 2 rings (SSSR count). The Morgan fingerprint density at radius 2 is 1.59 bits per heavy atom. The van der Waals surface area contributed by atoms with Gasteiger partial charge in [-0.25, -0.2) is 4.79 Å². The number of nitrogens with one attached hydrogen (secondary N) is 3. The second kappa shape index (κ2) is 10.5. The first-order chi connectivity index (χ1) is 12.3. The molecule has 2 aromatic carbocycles. The normalized spacial score (nSPS) is 12.3. The molecule has 2 aromatic rings. The number of carbonyl (C=O) groups is 2. The molecule has 0 aliphatic carbocycles. The zero-order valence-electron chi connectivity index (χ0n) is 15.8. The summed E-state index contributed by atoms with van der Waals surface area (Å²) < 4.78 is 0. The maximum Gasteiger partial charge on any atom is 0.323 e. The second-order valence-corrected chi connectivity index (χ2v) is 6.51. The standard InChI is InChI=1S/C20H26N4O2.ClH/c1-13-6-4-8-17(10-13)23-20(26)24-18-9-5-7-16(11-18)12-22-19(25)14(2)15(3)21;/h4-11,14-15H,12,21H2,1-3H3,(H,22,25)(H2,23,24,26);1H. The van der Waals surface area contributed by atoms with Crippen LogP contribution in [0.5, 0.6) is 0 Å². The molecule has 0 saturated heterocycles. The number of hydrogen-bond acceptors (Lipinski definition) is 3. The molecule has 0 spiro atoms. The molecule has 0 heterocycles. The predicted octanol–water partition coefficient (Wildman–Crippen LogP) is 3.66. The van der Waals surface area contributed by atoms with E-state index in [0.29, 0.717) is 12.2 Å². The van der Waals surface area contributed by atoms with Crippen LogP contribution in [0.4, 0.5) is 16.2 Å². The maximum absolute atomic E-state index is 12.1. The van der Waals surface area contributed by atoms with Crippen LogP contribution in [-0.2, 0) is 11.3 Å². The van der Waals surface area contributed by atoms with Crippen molar-refractivity contribution in [1.29, 1.82) is 0 Å². The Morgan fingerprint density at radius 3 is 2.19 bits per heavy atom. The molecule has 7 heteroatoms. The van der Waals surface area contributed by atoms with Gasteiger partial charge in [-0.3, -0.25) is 4.79 Å². The van der Waals surface area contributed by atoms with Crippen molar-refractivity contribution in [2.75, 3.05) is 10.6 Å². The molecule has 0 bridgehead atoms. The molecular formula is C20H27ClN4O2. The first-order valence-electron chi connectivity index (χ1n) is 8.62. The fraction of sp³-hybridized carbons (Fsp3) is 0.300. The molecule has 0 aliphatic heterocycles.